The van der Waals surface area contributed by atoms with E-state index in [1.807, 2.05) is 19.9 Å². The van der Waals surface area contributed by atoms with E-state index in [2.05, 4.69) is 59.8 Å². The summed E-state index contributed by atoms with van der Waals surface area (Å²) in [7, 11) is 0. The number of carbonyl (C=O) groups excluding carboxylic acids is 1. The van der Waals surface area contributed by atoms with Gasteiger partial charge in [-0.2, -0.15) is 0 Å². The maximum atomic E-state index is 12.4. The Morgan fingerprint density at radius 1 is 1.25 bits per heavy atom. The van der Waals surface area contributed by atoms with Crippen LogP contribution in [0, 0.1) is 5.92 Å². The van der Waals surface area contributed by atoms with Crippen LogP contribution in [0.2, 0.25) is 0 Å². The molecule has 0 spiro atoms. The molecule has 0 saturated carbocycles. The molecule has 4 heteroatoms. The number of benzene rings is 1. The average Bonchev–Trinajstić information content (AvgIpc) is 3.08. The fraction of sp³-hybridized carbons (Fsp3) is 0.542. The van der Waals surface area contributed by atoms with Gasteiger partial charge in [-0.3, -0.25) is 9.69 Å². The van der Waals surface area contributed by atoms with Crippen molar-refractivity contribution in [3.05, 3.63) is 53.9 Å². The minimum Gasteiger partial charge on any atom is -0.345 e. The number of hydrogen-bond acceptors (Lipinski definition) is 3. The molecule has 4 nitrogen and oxygen atoms in total. The average molecular weight is 384 g/mol. The molecule has 0 aliphatic carbocycles. The van der Waals surface area contributed by atoms with E-state index in [1.54, 1.807) is 0 Å². The van der Waals surface area contributed by atoms with Gasteiger partial charge in [-0.05, 0) is 57.5 Å². The first-order chi connectivity index (χ1) is 13.5. The van der Waals surface area contributed by atoms with Crippen LogP contribution in [0.25, 0.3) is 0 Å². The molecule has 0 radical (unpaired) electrons. The van der Waals surface area contributed by atoms with Crippen molar-refractivity contribution in [2.75, 3.05) is 24.5 Å². The molecular formula is C24H37N3O. The van der Waals surface area contributed by atoms with E-state index in [-0.39, 0.29) is 11.8 Å². The van der Waals surface area contributed by atoms with Gasteiger partial charge < -0.3 is 10.2 Å². The molecule has 1 aromatic rings. The van der Waals surface area contributed by atoms with Crippen LogP contribution in [0.5, 0.6) is 0 Å². The second-order valence-corrected chi connectivity index (χ2v) is 7.83. The summed E-state index contributed by atoms with van der Waals surface area (Å²) in [6, 6.07) is 8.77. The summed E-state index contributed by atoms with van der Waals surface area (Å²) in [6.07, 6.45) is 6.30. The molecule has 1 N–H and O–H groups in total. The first-order valence-corrected chi connectivity index (χ1v) is 10.7. The highest BCUT2D eigenvalue weighted by Gasteiger charge is 2.31. The van der Waals surface area contributed by atoms with Crippen LogP contribution in [0.1, 0.15) is 58.9 Å². The van der Waals surface area contributed by atoms with Crippen LogP contribution in [-0.4, -0.2) is 30.4 Å². The largest absolute Gasteiger partial charge is 0.345 e. The minimum atomic E-state index is -0.0452. The minimum absolute atomic E-state index is 0.0452. The fourth-order valence-corrected chi connectivity index (χ4v) is 3.65. The molecule has 28 heavy (non-hydrogen) atoms. The first-order valence-electron chi connectivity index (χ1n) is 10.7. The fourth-order valence-electron chi connectivity index (χ4n) is 3.65. The van der Waals surface area contributed by atoms with Gasteiger partial charge in [-0.1, -0.05) is 45.1 Å². The predicted molar refractivity (Wildman–Crippen MR) is 119 cm³/mol. The highest BCUT2D eigenvalue weighted by atomic mass is 16.1. The smallest absolute Gasteiger partial charge is 0.229 e. The standard InChI is InChI=1S/C24H37N3O/c1-6-9-15-26(14-7-2)17-21-10-12-23(13-11-21)27-18-22(16-20(27)5)24(28)25-19(4)8-3/h8,10-13,22H,5-7,9,14-18H2,1-4H3,(H,25,28)/b19-8-. The SMILES string of the molecule is C=C1CC(C(=O)N/C(C)=C\C)CN1c1ccc(CN(CCC)CCCC)cc1. The molecule has 0 aromatic heterocycles. The van der Waals surface area contributed by atoms with E-state index < -0.39 is 0 Å². The second-order valence-electron chi connectivity index (χ2n) is 7.83. The van der Waals surface area contributed by atoms with Gasteiger partial charge in [0.05, 0.1) is 5.92 Å². The van der Waals surface area contributed by atoms with Crippen LogP contribution < -0.4 is 10.2 Å². The van der Waals surface area contributed by atoms with E-state index >= 15 is 0 Å². The third-order valence-corrected chi connectivity index (χ3v) is 5.41. The lowest BCUT2D eigenvalue weighted by Gasteiger charge is -2.23. The second kappa shape index (κ2) is 11.1. The number of anilines is 1. The van der Waals surface area contributed by atoms with Crippen molar-refractivity contribution in [3.63, 3.8) is 0 Å². The molecule has 1 aromatic carbocycles. The third kappa shape index (κ3) is 6.23. The Balaban J connectivity index is 1.98. The van der Waals surface area contributed by atoms with E-state index in [1.165, 1.54) is 24.8 Å². The Morgan fingerprint density at radius 2 is 1.96 bits per heavy atom. The van der Waals surface area contributed by atoms with E-state index in [0.717, 1.165) is 36.7 Å². The van der Waals surface area contributed by atoms with E-state index in [0.29, 0.717) is 13.0 Å². The molecule has 2 rings (SSSR count). The Kier molecular flexibility index (Phi) is 8.78. The van der Waals surface area contributed by atoms with Crippen LogP contribution >= 0.6 is 0 Å². The zero-order valence-corrected chi connectivity index (χ0v) is 18.1. The van der Waals surface area contributed by atoms with Crippen molar-refractivity contribution in [2.45, 2.75) is 59.9 Å². The lowest BCUT2D eigenvalue weighted by Crippen LogP contribution is -2.31. The topological polar surface area (TPSA) is 35.6 Å². The summed E-state index contributed by atoms with van der Waals surface area (Å²) in [6.45, 7) is 16.5. The molecule has 1 amide bonds. The van der Waals surface area contributed by atoms with Gasteiger partial charge in [0.25, 0.3) is 0 Å². The molecule has 154 valence electrons. The Bertz CT molecular complexity index is 678. The number of nitrogens with one attached hydrogen (secondary N) is 1. The molecule has 1 unspecified atom stereocenters. The van der Waals surface area contributed by atoms with Crippen LogP contribution in [0.4, 0.5) is 5.69 Å². The van der Waals surface area contributed by atoms with Gasteiger partial charge in [0, 0.05) is 36.6 Å². The number of amides is 1. The Morgan fingerprint density at radius 3 is 2.57 bits per heavy atom. The Hall–Kier alpha value is -2.07. The van der Waals surface area contributed by atoms with Gasteiger partial charge in [-0.25, -0.2) is 0 Å². The van der Waals surface area contributed by atoms with Crippen molar-refractivity contribution in [1.82, 2.24) is 10.2 Å². The summed E-state index contributed by atoms with van der Waals surface area (Å²) in [4.78, 5) is 17.2. The quantitative estimate of drug-likeness (QED) is 0.612. The summed E-state index contributed by atoms with van der Waals surface area (Å²) in [5, 5.41) is 2.97. The highest BCUT2D eigenvalue weighted by molar-refractivity contribution is 5.82. The number of nitrogens with zero attached hydrogens (tertiary/aromatic N) is 2. The molecule has 1 fully saturated rings. The van der Waals surface area contributed by atoms with Crippen molar-refractivity contribution in [1.29, 1.82) is 0 Å². The summed E-state index contributed by atoms with van der Waals surface area (Å²) in [5.74, 6) is 0.0400. The van der Waals surface area contributed by atoms with Crippen LogP contribution in [0.15, 0.2) is 48.3 Å². The molecule has 1 aliphatic heterocycles. The summed E-state index contributed by atoms with van der Waals surface area (Å²) >= 11 is 0. The summed E-state index contributed by atoms with van der Waals surface area (Å²) in [5.41, 5.74) is 4.39. The number of unbranched alkanes of at least 4 members (excludes halogenated alkanes) is 1. The van der Waals surface area contributed by atoms with E-state index in [9.17, 15) is 4.79 Å². The van der Waals surface area contributed by atoms with Crippen molar-refractivity contribution in [2.24, 2.45) is 5.92 Å². The normalized spacial score (nSPS) is 17.5. The monoisotopic (exact) mass is 383 g/mol. The maximum Gasteiger partial charge on any atom is 0.229 e. The maximum absolute atomic E-state index is 12.4. The molecule has 1 aliphatic rings. The molecule has 1 atom stereocenters. The number of rotatable bonds is 10. The van der Waals surface area contributed by atoms with Gasteiger partial charge in [0.15, 0.2) is 0 Å². The van der Waals surface area contributed by atoms with Gasteiger partial charge in [-0.15, -0.1) is 0 Å². The zero-order valence-electron chi connectivity index (χ0n) is 18.1. The van der Waals surface area contributed by atoms with Gasteiger partial charge >= 0.3 is 0 Å². The zero-order chi connectivity index (χ0) is 20.5. The predicted octanol–water partition coefficient (Wildman–Crippen LogP) is 5.08. The lowest BCUT2D eigenvalue weighted by atomic mass is 10.1. The Labute approximate surface area is 171 Å². The molecule has 1 saturated heterocycles. The van der Waals surface area contributed by atoms with Crippen molar-refractivity contribution >= 4 is 11.6 Å². The number of carbonyl (C=O) groups is 1. The van der Waals surface area contributed by atoms with Gasteiger partial charge in [0.2, 0.25) is 5.91 Å². The first kappa shape index (κ1) is 22.2. The van der Waals surface area contributed by atoms with Crippen LogP contribution in [0.3, 0.4) is 0 Å². The van der Waals surface area contributed by atoms with Crippen molar-refractivity contribution < 1.29 is 4.79 Å². The van der Waals surface area contributed by atoms with Gasteiger partial charge in [0.1, 0.15) is 0 Å². The van der Waals surface area contributed by atoms with Crippen LogP contribution in [-0.2, 0) is 11.3 Å². The number of hydrogen-bond donors (Lipinski definition) is 1. The number of allylic oxidation sites excluding steroid dienone is 3. The molecular weight excluding hydrogens is 346 g/mol. The molecule has 0 bridgehead atoms. The lowest BCUT2D eigenvalue weighted by molar-refractivity contribution is -0.123. The molecule has 1 heterocycles. The summed E-state index contributed by atoms with van der Waals surface area (Å²) < 4.78 is 0. The highest BCUT2D eigenvalue weighted by Crippen LogP contribution is 2.31. The van der Waals surface area contributed by atoms with Crippen molar-refractivity contribution in [3.8, 4) is 0 Å². The van der Waals surface area contributed by atoms with E-state index in [4.69, 9.17) is 0 Å². The third-order valence-electron chi connectivity index (χ3n) is 5.41.